The number of ether oxygens (including phenoxy) is 1. The van der Waals surface area contributed by atoms with Crippen molar-refractivity contribution in [3.8, 4) is 12.5 Å². The van der Waals surface area contributed by atoms with Gasteiger partial charge in [-0.3, -0.25) is 4.79 Å². The van der Waals surface area contributed by atoms with Gasteiger partial charge in [0.05, 0.1) is 5.41 Å². The van der Waals surface area contributed by atoms with E-state index in [4.69, 9.17) is 34.4 Å². The second-order valence-corrected chi connectivity index (χ2v) is 6.78. The smallest absolute Gasteiger partial charge is 0.327 e. The molecule has 0 bridgehead atoms. The highest BCUT2D eigenvalue weighted by Crippen LogP contribution is 2.73. The predicted molar refractivity (Wildman–Crippen MR) is 83.1 cm³/mol. The van der Waals surface area contributed by atoms with Gasteiger partial charge in [0, 0.05) is 5.92 Å². The number of carbonyl (C=O) groups is 1. The number of terminal acetylenes is 1. The number of hydrogen-bond donors (Lipinski definition) is 0. The molecule has 0 aliphatic heterocycles. The predicted octanol–water partition coefficient (Wildman–Crippen LogP) is 4.83. The molecule has 2 atom stereocenters. The van der Waals surface area contributed by atoms with Crippen LogP contribution in [0.2, 0.25) is 0 Å². The van der Waals surface area contributed by atoms with Crippen LogP contribution in [-0.2, 0) is 9.53 Å². The number of halogens is 2. The molecular formula is C16H20Cl2O2. The first-order valence-corrected chi connectivity index (χ1v) is 7.35. The summed E-state index contributed by atoms with van der Waals surface area (Å²) in [7, 11) is 0. The Morgan fingerprint density at radius 2 is 2.05 bits per heavy atom. The van der Waals surface area contributed by atoms with E-state index in [2.05, 4.69) is 13.0 Å². The Hall–Kier alpha value is -0.910. The minimum absolute atomic E-state index is 0.0824. The molecule has 1 aliphatic carbocycles. The van der Waals surface area contributed by atoms with Crippen LogP contribution in [0.25, 0.3) is 0 Å². The molecule has 4 heteroatoms. The maximum atomic E-state index is 12.4. The monoisotopic (exact) mass is 314 g/mol. The van der Waals surface area contributed by atoms with Crippen molar-refractivity contribution in [1.29, 1.82) is 0 Å². The van der Waals surface area contributed by atoms with E-state index in [-0.39, 0.29) is 21.8 Å². The first kappa shape index (κ1) is 17.1. The van der Waals surface area contributed by atoms with Gasteiger partial charge in [0.15, 0.2) is 0 Å². The summed E-state index contributed by atoms with van der Waals surface area (Å²) in [6, 6.07) is 0. The van der Waals surface area contributed by atoms with Crippen LogP contribution in [0.5, 0.6) is 0 Å². The van der Waals surface area contributed by atoms with Crippen molar-refractivity contribution < 1.29 is 9.53 Å². The summed E-state index contributed by atoms with van der Waals surface area (Å²) in [5.41, 5.74) is 0.152. The van der Waals surface area contributed by atoms with Gasteiger partial charge in [-0.2, -0.15) is 0 Å². The first-order valence-electron chi connectivity index (χ1n) is 6.59. The van der Waals surface area contributed by atoms with E-state index in [1.54, 1.807) is 6.08 Å². The first-order chi connectivity index (χ1) is 9.23. The summed E-state index contributed by atoms with van der Waals surface area (Å²) >= 11 is 11.5. The van der Waals surface area contributed by atoms with E-state index in [9.17, 15) is 4.79 Å². The Morgan fingerprint density at radius 3 is 2.50 bits per heavy atom. The van der Waals surface area contributed by atoms with Crippen LogP contribution in [-0.4, -0.2) is 5.97 Å². The van der Waals surface area contributed by atoms with Crippen LogP contribution in [0, 0.1) is 29.3 Å². The minimum atomic E-state index is -0.690. The molecule has 2 unspecified atom stereocenters. The molecule has 1 rings (SSSR count). The molecule has 0 spiro atoms. The molecular weight excluding hydrogens is 295 g/mol. The third-order valence-corrected chi connectivity index (χ3v) is 4.55. The number of esters is 1. The van der Waals surface area contributed by atoms with Crippen LogP contribution in [0.3, 0.4) is 0 Å². The molecule has 1 saturated carbocycles. The van der Waals surface area contributed by atoms with Crippen molar-refractivity contribution >= 4 is 29.2 Å². The molecule has 1 fully saturated rings. The Morgan fingerprint density at radius 1 is 1.45 bits per heavy atom. The van der Waals surface area contributed by atoms with Gasteiger partial charge < -0.3 is 4.74 Å². The molecule has 2 nitrogen and oxygen atoms in total. The van der Waals surface area contributed by atoms with Gasteiger partial charge in [-0.15, -0.1) is 0 Å². The summed E-state index contributed by atoms with van der Waals surface area (Å²) in [5, 5.41) is 0. The molecule has 0 aromatic carbocycles. The lowest BCUT2D eigenvalue weighted by molar-refractivity contribution is -0.144. The summed E-state index contributed by atoms with van der Waals surface area (Å²) < 4.78 is 5.00. The van der Waals surface area contributed by atoms with Crippen molar-refractivity contribution in [2.75, 3.05) is 0 Å². The van der Waals surface area contributed by atoms with E-state index >= 15 is 0 Å². The van der Waals surface area contributed by atoms with Crippen LogP contribution in [0.1, 0.15) is 40.5 Å². The van der Waals surface area contributed by atoms with Crippen LogP contribution < -0.4 is 0 Å². The number of hydrogen-bond acceptors (Lipinski definition) is 2. The fraction of sp³-hybridized carbons (Fsp3) is 0.562. The van der Waals surface area contributed by atoms with Crippen molar-refractivity contribution in [3.63, 3.8) is 0 Å². The standard InChI is InChI=1S/C16H20Cl2O2/c1-6-8-11(3)10-16(14(19)20-7-2)12(9-13(17)18)15(16,4)5/h2,8-9,12H,6,10H2,1,3-5H3. The van der Waals surface area contributed by atoms with Gasteiger partial charge in [0.25, 0.3) is 0 Å². The van der Waals surface area contributed by atoms with Gasteiger partial charge in [-0.25, -0.2) is 0 Å². The lowest BCUT2D eigenvalue weighted by atomic mass is 9.88. The third-order valence-electron chi connectivity index (χ3n) is 4.29. The van der Waals surface area contributed by atoms with E-state index in [0.717, 1.165) is 12.0 Å². The summed E-state index contributed by atoms with van der Waals surface area (Å²) in [6.07, 6.45) is 12.4. The van der Waals surface area contributed by atoms with Gasteiger partial charge >= 0.3 is 5.97 Å². The lowest BCUT2D eigenvalue weighted by Gasteiger charge is -2.17. The zero-order chi connectivity index (χ0) is 15.6. The van der Waals surface area contributed by atoms with Crippen LogP contribution in [0.4, 0.5) is 0 Å². The Labute approximate surface area is 131 Å². The molecule has 0 heterocycles. The van der Waals surface area contributed by atoms with Crippen LogP contribution in [0.15, 0.2) is 22.2 Å². The second-order valence-electron chi connectivity index (χ2n) is 5.77. The largest absolute Gasteiger partial charge is 0.372 e. The average Bonchev–Trinajstić information content (AvgIpc) is 2.76. The Balaban J connectivity index is 3.18. The molecule has 0 saturated heterocycles. The summed E-state index contributed by atoms with van der Waals surface area (Å²) in [5.74, 6) is -0.467. The molecule has 0 amide bonds. The van der Waals surface area contributed by atoms with E-state index < -0.39 is 5.41 Å². The molecule has 110 valence electrons. The Bertz CT molecular complexity index is 493. The van der Waals surface area contributed by atoms with Gasteiger partial charge in [-0.1, -0.05) is 62.0 Å². The fourth-order valence-electron chi connectivity index (χ4n) is 3.18. The van der Waals surface area contributed by atoms with E-state index in [1.165, 1.54) is 0 Å². The second kappa shape index (κ2) is 6.24. The van der Waals surface area contributed by atoms with Crippen molar-refractivity contribution in [1.82, 2.24) is 0 Å². The molecule has 0 radical (unpaired) electrons. The quantitative estimate of drug-likeness (QED) is 0.413. The van der Waals surface area contributed by atoms with Crippen molar-refractivity contribution in [2.45, 2.75) is 40.5 Å². The minimum Gasteiger partial charge on any atom is -0.372 e. The maximum absolute atomic E-state index is 12.4. The van der Waals surface area contributed by atoms with E-state index in [1.807, 2.05) is 26.9 Å². The highest BCUT2D eigenvalue weighted by Gasteiger charge is 2.75. The number of carbonyl (C=O) groups excluding carboxylic acids is 1. The fourth-order valence-corrected chi connectivity index (χ4v) is 3.43. The number of rotatable bonds is 5. The highest BCUT2D eigenvalue weighted by atomic mass is 35.5. The Kier molecular flexibility index (Phi) is 5.35. The van der Waals surface area contributed by atoms with Crippen LogP contribution >= 0.6 is 23.2 Å². The van der Waals surface area contributed by atoms with Crippen molar-refractivity contribution in [2.24, 2.45) is 16.7 Å². The maximum Gasteiger partial charge on any atom is 0.327 e. The highest BCUT2D eigenvalue weighted by molar-refractivity contribution is 6.55. The average molecular weight is 315 g/mol. The van der Waals surface area contributed by atoms with Gasteiger partial charge in [0.1, 0.15) is 10.6 Å². The van der Waals surface area contributed by atoms with E-state index in [0.29, 0.717) is 6.42 Å². The molecule has 1 aliphatic rings. The summed E-state index contributed by atoms with van der Waals surface area (Å²) in [6.45, 7) is 8.07. The third kappa shape index (κ3) is 2.90. The topological polar surface area (TPSA) is 26.3 Å². The number of allylic oxidation sites excluding steroid dienone is 3. The zero-order valence-corrected chi connectivity index (χ0v) is 13.8. The molecule has 0 N–H and O–H groups in total. The SMILES string of the molecule is C#COC(=O)C1(CC(C)=CCC)C(C=C(Cl)Cl)C1(C)C. The summed E-state index contributed by atoms with van der Waals surface area (Å²) in [4.78, 5) is 12.4. The van der Waals surface area contributed by atoms with Crippen molar-refractivity contribution in [3.05, 3.63) is 22.2 Å². The molecule has 0 aromatic heterocycles. The zero-order valence-electron chi connectivity index (χ0n) is 12.3. The lowest BCUT2D eigenvalue weighted by Crippen LogP contribution is -2.24. The van der Waals surface area contributed by atoms with Gasteiger partial charge in [0.2, 0.25) is 0 Å². The van der Waals surface area contributed by atoms with Gasteiger partial charge in [-0.05, 0) is 31.3 Å². The molecule has 20 heavy (non-hydrogen) atoms. The molecule has 0 aromatic rings. The normalized spacial score (nSPS) is 27.4.